The van der Waals surface area contributed by atoms with Crippen molar-refractivity contribution in [1.82, 2.24) is 5.32 Å². The number of benzene rings is 1. The average molecular weight is 266 g/mol. The van der Waals surface area contributed by atoms with Crippen LogP contribution in [0.1, 0.15) is 24.2 Å². The van der Waals surface area contributed by atoms with Gasteiger partial charge in [0.25, 0.3) is 5.91 Å². The topological polar surface area (TPSA) is 59.6 Å². The van der Waals surface area contributed by atoms with Gasteiger partial charge in [-0.1, -0.05) is 6.07 Å². The van der Waals surface area contributed by atoms with Crippen LogP contribution in [0.5, 0.6) is 0 Å². The van der Waals surface area contributed by atoms with Crippen LogP contribution in [0.2, 0.25) is 0 Å². The van der Waals surface area contributed by atoms with E-state index in [4.69, 9.17) is 9.47 Å². The van der Waals surface area contributed by atoms with Crippen LogP contribution >= 0.6 is 0 Å². The van der Waals surface area contributed by atoms with E-state index in [1.807, 2.05) is 32.0 Å². The van der Waals surface area contributed by atoms with Gasteiger partial charge in [0.2, 0.25) is 0 Å². The molecule has 1 aromatic rings. The minimum Gasteiger partial charge on any atom is -0.377 e. The lowest BCUT2D eigenvalue weighted by molar-refractivity contribution is -0.109. The Morgan fingerprint density at radius 1 is 1.32 bits per heavy atom. The Balaban J connectivity index is 2.74. The second-order valence-electron chi connectivity index (χ2n) is 4.21. The second kappa shape index (κ2) is 7.76. The molecular weight excluding hydrogens is 244 g/mol. The molecule has 106 valence electrons. The van der Waals surface area contributed by atoms with Crippen molar-refractivity contribution in [3.8, 4) is 0 Å². The number of nitrogens with one attached hydrogen (secondary N) is 2. The molecule has 0 aliphatic rings. The van der Waals surface area contributed by atoms with Crippen LogP contribution in [0.4, 0.5) is 5.69 Å². The lowest BCUT2D eigenvalue weighted by Crippen LogP contribution is -2.33. The van der Waals surface area contributed by atoms with E-state index < -0.39 is 0 Å². The summed E-state index contributed by atoms with van der Waals surface area (Å²) in [6.45, 7) is 4.46. The molecule has 0 bridgehead atoms. The van der Waals surface area contributed by atoms with Crippen molar-refractivity contribution in [2.45, 2.75) is 26.2 Å². The minimum atomic E-state index is -0.340. The number of hydrogen-bond acceptors (Lipinski definition) is 4. The van der Waals surface area contributed by atoms with Gasteiger partial charge >= 0.3 is 0 Å². The summed E-state index contributed by atoms with van der Waals surface area (Å²) < 4.78 is 10.4. The SMILES string of the molecule is CCNC(=O)c1cccc(NC(C)C(OC)OC)c1. The third-order valence-corrected chi connectivity index (χ3v) is 2.73. The molecule has 0 aliphatic carbocycles. The molecule has 5 nitrogen and oxygen atoms in total. The summed E-state index contributed by atoms with van der Waals surface area (Å²) in [5.74, 6) is -0.0752. The molecule has 0 aliphatic heterocycles. The summed E-state index contributed by atoms with van der Waals surface area (Å²) in [5.41, 5.74) is 1.49. The van der Waals surface area contributed by atoms with E-state index >= 15 is 0 Å². The van der Waals surface area contributed by atoms with E-state index in [2.05, 4.69) is 10.6 Å². The molecule has 0 aromatic heterocycles. The van der Waals surface area contributed by atoms with Crippen molar-refractivity contribution in [2.75, 3.05) is 26.1 Å². The number of anilines is 1. The van der Waals surface area contributed by atoms with Crippen LogP contribution in [-0.2, 0) is 9.47 Å². The maximum absolute atomic E-state index is 11.7. The quantitative estimate of drug-likeness (QED) is 0.740. The zero-order chi connectivity index (χ0) is 14.3. The first kappa shape index (κ1) is 15.5. The molecule has 1 atom stereocenters. The number of hydrogen-bond donors (Lipinski definition) is 2. The van der Waals surface area contributed by atoms with E-state index in [0.29, 0.717) is 12.1 Å². The molecule has 0 radical (unpaired) electrons. The fraction of sp³-hybridized carbons (Fsp3) is 0.500. The maximum atomic E-state index is 11.7. The normalized spacial score (nSPS) is 12.3. The van der Waals surface area contributed by atoms with Crippen LogP contribution in [0.25, 0.3) is 0 Å². The van der Waals surface area contributed by atoms with Crippen LogP contribution in [0.15, 0.2) is 24.3 Å². The van der Waals surface area contributed by atoms with Gasteiger partial charge in [-0.2, -0.15) is 0 Å². The average Bonchev–Trinajstić information content (AvgIpc) is 2.40. The Bertz CT molecular complexity index is 405. The van der Waals surface area contributed by atoms with Gasteiger partial charge in [-0.05, 0) is 32.0 Å². The summed E-state index contributed by atoms with van der Waals surface area (Å²) in [4.78, 5) is 11.7. The van der Waals surface area contributed by atoms with Crippen molar-refractivity contribution < 1.29 is 14.3 Å². The molecule has 0 saturated heterocycles. The fourth-order valence-corrected chi connectivity index (χ4v) is 1.85. The van der Waals surface area contributed by atoms with Crippen LogP contribution in [0, 0.1) is 0 Å². The summed E-state index contributed by atoms with van der Waals surface area (Å²) >= 11 is 0. The minimum absolute atomic E-state index is 0.0283. The smallest absolute Gasteiger partial charge is 0.251 e. The zero-order valence-corrected chi connectivity index (χ0v) is 11.9. The van der Waals surface area contributed by atoms with E-state index in [1.165, 1.54) is 0 Å². The highest BCUT2D eigenvalue weighted by Crippen LogP contribution is 2.14. The number of amides is 1. The Kier molecular flexibility index (Phi) is 6.32. The van der Waals surface area contributed by atoms with E-state index in [9.17, 15) is 4.79 Å². The maximum Gasteiger partial charge on any atom is 0.251 e. The Morgan fingerprint density at radius 3 is 2.58 bits per heavy atom. The first-order chi connectivity index (χ1) is 9.12. The number of carbonyl (C=O) groups excluding carboxylic acids is 1. The first-order valence-corrected chi connectivity index (χ1v) is 6.32. The summed E-state index contributed by atoms with van der Waals surface area (Å²) in [6, 6.07) is 7.31. The molecule has 0 heterocycles. The van der Waals surface area contributed by atoms with Gasteiger partial charge in [-0.3, -0.25) is 4.79 Å². The Labute approximate surface area is 114 Å². The van der Waals surface area contributed by atoms with Crippen LogP contribution < -0.4 is 10.6 Å². The number of rotatable bonds is 7. The van der Waals surface area contributed by atoms with E-state index in [0.717, 1.165) is 5.69 Å². The second-order valence-corrected chi connectivity index (χ2v) is 4.21. The summed E-state index contributed by atoms with van der Waals surface area (Å²) in [7, 11) is 3.19. The predicted molar refractivity (Wildman–Crippen MR) is 75.3 cm³/mol. The van der Waals surface area contributed by atoms with Gasteiger partial charge in [0, 0.05) is 32.0 Å². The van der Waals surface area contributed by atoms with Gasteiger partial charge in [-0.25, -0.2) is 0 Å². The summed E-state index contributed by atoms with van der Waals surface area (Å²) in [6.07, 6.45) is -0.340. The van der Waals surface area contributed by atoms with Crippen molar-refractivity contribution in [2.24, 2.45) is 0 Å². The van der Waals surface area contributed by atoms with Gasteiger partial charge in [0.05, 0.1) is 6.04 Å². The van der Waals surface area contributed by atoms with Gasteiger partial charge in [0.15, 0.2) is 6.29 Å². The predicted octanol–water partition coefficient (Wildman–Crippen LogP) is 1.86. The summed E-state index contributed by atoms with van der Waals surface area (Å²) in [5, 5.41) is 6.02. The molecule has 1 rings (SSSR count). The Morgan fingerprint density at radius 2 is 2.00 bits per heavy atom. The van der Waals surface area contributed by atoms with Gasteiger partial charge in [0.1, 0.15) is 0 Å². The van der Waals surface area contributed by atoms with Crippen molar-refractivity contribution >= 4 is 11.6 Å². The fourth-order valence-electron chi connectivity index (χ4n) is 1.85. The highest BCUT2D eigenvalue weighted by atomic mass is 16.7. The molecular formula is C14H22N2O3. The molecule has 2 N–H and O–H groups in total. The highest BCUT2D eigenvalue weighted by Gasteiger charge is 2.15. The molecule has 0 saturated carbocycles. The lowest BCUT2D eigenvalue weighted by Gasteiger charge is -2.23. The number of methoxy groups -OCH3 is 2. The lowest BCUT2D eigenvalue weighted by atomic mass is 10.1. The van der Waals surface area contributed by atoms with Crippen molar-refractivity contribution in [1.29, 1.82) is 0 Å². The van der Waals surface area contributed by atoms with Crippen LogP contribution in [0.3, 0.4) is 0 Å². The van der Waals surface area contributed by atoms with Gasteiger partial charge in [-0.15, -0.1) is 0 Å². The third kappa shape index (κ3) is 4.54. The van der Waals surface area contributed by atoms with Crippen molar-refractivity contribution in [3.63, 3.8) is 0 Å². The highest BCUT2D eigenvalue weighted by molar-refractivity contribution is 5.95. The molecule has 0 spiro atoms. The standard InChI is InChI=1S/C14H22N2O3/c1-5-15-13(17)11-7-6-8-12(9-11)16-10(2)14(18-3)19-4/h6-10,14,16H,5H2,1-4H3,(H,15,17). The molecule has 0 fully saturated rings. The Hall–Kier alpha value is -1.59. The van der Waals surface area contributed by atoms with E-state index in [1.54, 1.807) is 20.3 Å². The van der Waals surface area contributed by atoms with Crippen molar-refractivity contribution in [3.05, 3.63) is 29.8 Å². The molecule has 1 aromatic carbocycles. The molecule has 19 heavy (non-hydrogen) atoms. The van der Waals surface area contributed by atoms with E-state index in [-0.39, 0.29) is 18.2 Å². The third-order valence-electron chi connectivity index (χ3n) is 2.73. The number of ether oxygens (including phenoxy) is 2. The zero-order valence-electron chi connectivity index (χ0n) is 11.9. The first-order valence-electron chi connectivity index (χ1n) is 6.32. The number of carbonyl (C=O) groups is 1. The van der Waals surface area contributed by atoms with Crippen LogP contribution in [-0.4, -0.2) is 39.0 Å². The molecule has 5 heteroatoms. The molecule has 1 unspecified atom stereocenters. The van der Waals surface area contributed by atoms with Gasteiger partial charge < -0.3 is 20.1 Å². The largest absolute Gasteiger partial charge is 0.377 e. The monoisotopic (exact) mass is 266 g/mol. The molecule has 1 amide bonds.